The van der Waals surface area contributed by atoms with Gasteiger partial charge in [0.25, 0.3) is 0 Å². The predicted octanol–water partition coefficient (Wildman–Crippen LogP) is 6.95. The van der Waals surface area contributed by atoms with Crippen LogP contribution < -0.4 is 4.72 Å². The van der Waals surface area contributed by atoms with Crippen LogP contribution in [-0.4, -0.2) is 51.9 Å². The zero-order valence-corrected chi connectivity index (χ0v) is 31.0. The van der Waals surface area contributed by atoms with Crippen molar-refractivity contribution in [3.63, 3.8) is 0 Å². The van der Waals surface area contributed by atoms with E-state index in [0.717, 1.165) is 48.9 Å². The first-order chi connectivity index (χ1) is 20.7. The van der Waals surface area contributed by atoms with Gasteiger partial charge in [-0.2, -0.15) is 43.2 Å². The summed E-state index contributed by atoms with van der Waals surface area (Å²) < 4.78 is 142. The number of aryl methyl sites for hydroxylation is 1. The van der Waals surface area contributed by atoms with Gasteiger partial charge in [-0.25, -0.2) is 13.1 Å². The number of benzene rings is 2. The third-order valence-corrected chi connectivity index (χ3v) is 10.5. The molecule has 1 aliphatic rings. The molecule has 3 rings (SSSR count). The average molecular weight is 922 g/mol. The van der Waals surface area contributed by atoms with Crippen molar-refractivity contribution in [3.05, 3.63) is 66.2 Å². The standard InChI is InChI=1S/C16H19NO2S.C10H20.2CHF3O3S.Ir/c18-20(19,16-12-5-2-6-13-16)17-14-8-7-11-15-9-3-1-4-10-15;1-6-7(2)9(4)10(5)8(6)3;2*2-1(3,4)8(5,6)7;/h1-6,9-10,12-13,17H,7-8,11,14H2;6-10H,1-5H3;2*(H,5,6,7);. The van der Waals surface area contributed by atoms with Gasteiger partial charge < -0.3 is 0 Å². The van der Waals surface area contributed by atoms with Gasteiger partial charge in [0.2, 0.25) is 10.0 Å². The van der Waals surface area contributed by atoms with E-state index < -0.39 is 41.3 Å². The van der Waals surface area contributed by atoms with Crippen LogP contribution in [0.25, 0.3) is 0 Å². The molecule has 1 aliphatic carbocycles. The van der Waals surface area contributed by atoms with Crippen molar-refractivity contribution in [1.82, 2.24) is 4.72 Å². The summed E-state index contributed by atoms with van der Waals surface area (Å²) in [6.45, 7) is 12.5. The molecule has 0 heterocycles. The Hall–Kier alpha value is -1.60. The molecule has 1 fully saturated rings. The number of unbranched alkanes of at least 4 members (excludes halogenated alkanes) is 1. The zero-order chi connectivity index (χ0) is 36.1. The van der Waals surface area contributed by atoms with Crippen molar-refractivity contribution in [2.45, 2.75) is 69.8 Å². The van der Waals surface area contributed by atoms with E-state index in [4.69, 9.17) is 25.9 Å². The SMILES string of the molecule is CC1C(C)C(C)C(C)C1C.O=S(=O)(NCCCCc1ccccc1)c1ccccc1.O=S(=O)(O)C(F)(F)F.O=S(=O)(O)C(F)(F)F.[Ir]. The topological polar surface area (TPSA) is 155 Å². The summed E-state index contributed by atoms with van der Waals surface area (Å²) in [4.78, 5) is 0.322. The van der Waals surface area contributed by atoms with Crippen molar-refractivity contribution in [2.75, 3.05) is 6.54 Å². The molecular weight excluding hydrogens is 881 g/mol. The van der Waals surface area contributed by atoms with Crippen molar-refractivity contribution < 1.29 is 80.8 Å². The Labute approximate surface area is 286 Å². The molecule has 0 bridgehead atoms. The number of hydrogen-bond acceptors (Lipinski definition) is 6. The van der Waals surface area contributed by atoms with Gasteiger partial charge in [0.15, 0.2) is 0 Å². The summed E-state index contributed by atoms with van der Waals surface area (Å²) in [5, 5.41) is 0. The van der Waals surface area contributed by atoms with Crippen molar-refractivity contribution in [1.29, 1.82) is 0 Å². The third-order valence-electron chi connectivity index (χ3n) is 7.81. The van der Waals surface area contributed by atoms with Crippen molar-refractivity contribution in [3.8, 4) is 0 Å². The van der Waals surface area contributed by atoms with E-state index in [1.54, 1.807) is 30.3 Å². The summed E-state index contributed by atoms with van der Waals surface area (Å²) in [5.41, 5.74) is -9.78. The largest absolute Gasteiger partial charge is 0.522 e. The first-order valence-corrected chi connectivity index (χ1v) is 18.3. The van der Waals surface area contributed by atoms with E-state index in [9.17, 15) is 34.8 Å². The average Bonchev–Trinajstić information content (AvgIpc) is 3.10. The fraction of sp³-hybridized carbons (Fsp3) is 0.571. The molecule has 0 atom stereocenters. The molecule has 0 amide bonds. The maximum atomic E-state index is 12.0. The van der Waals surface area contributed by atoms with Gasteiger partial charge in [-0.1, -0.05) is 83.1 Å². The number of rotatable bonds is 7. The van der Waals surface area contributed by atoms with E-state index in [1.165, 1.54) is 5.56 Å². The Bertz CT molecular complexity index is 1410. The van der Waals surface area contributed by atoms with Crippen LogP contribution in [0.4, 0.5) is 26.3 Å². The van der Waals surface area contributed by atoms with Crippen LogP contribution in [0.15, 0.2) is 65.6 Å². The maximum Gasteiger partial charge on any atom is 0.522 e. The first-order valence-electron chi connectivity index (χ1n) is 13.9. The van der Waals surface area contributed by atoms with Crippen LogP contribution in [0.5, 0.6) is 0 Å². The van der Waals surface area contributed by atoms with Crippen molar-refractivity contribution >= 4 is 30.3 Å². The molecule has 1 radical (unpaired) electrons. The third kappa shape index (κ3) is 17.6. The number of halogens is 6. The number of hydrogen-bond donors (Lipinski definition) is 3. The molecule has 9 nitrogen and oxygen atoms in total. The van der Waals surface area contributed by atoms with Gasteiger partial charge in [-0.15, -0.1) is 0 Å². The number of alkyl halides is 6. The predicted molar refractivity (Wildman–Crippen MR) is 162 cm³/mol. The Morgan fingerprint density at radius 1 is 0.596 bits per heavy atom. The molecule has 2 aromatic rings. The van der Waals surface area contributed by atoms with E-state index in [2.05, 4.69) is 51.5 Å². The van der Waals surface area contributed by atoms with E-state index in [-0.39, 0.29) is 20.1 Å². The van der Waals surface area contributed by atoms with Crippen LogP contribution in [0.2, 0.25) is 0 Å². The van der Waals surface area contributed by atoms with Crippen LogP contribution in [0.1, 0.15) is 53.0 Å². The second-order valence-corrected chi connectivity index (χ2v) is 15.4. The summed E-state index contributed by atoms with van der Waals surface area (Å²) in [6.07, 6.45) is 2.79. The molecule has 0 spiro atoms. The van der Waals surface area contributed by atoms with Crippen LogP contribution >= 0.6 is 0 Å². The molecular formula is C28H41F6IrNO8S3. The van der Waals surface area contributed by atoms with Crippen LogP contribution in [0, 0.1) is 29.6 Å². The second-order valence-electron chi connectivity index (χ2n) is 10.8. The normalized spacial score (nSPS) is 21.4. The van der Waals surface area contributed by atoms with Crippen molar-refractivity contribution in [2.24, 2.45) is 29.6 Å². The number of sulfonamides is 1. The van der Waals surface area contributed by atoms with Gasteiger partial charge in [-0.05, 0) is 66.5 Å². The minimum Gasteiger partial charge on any atom is -0.279 e. The molecule has 0 saturated heterocycles. The first kappa shape index (κ1) is 47.5. The maximum absolute atomic E-state index is 12.0. The zero-order valence-electron chi connectivity index (χ0n) is 26.2. The van der Waals surface area contributed by atoms with Gasteiger partial charge in [-0.3, -0.25) is 9.11 Å². The Kier molecular flexibility index (Phi) is 20.4. The summed E-state index contributed by atoms with van der Waals surface area (Å²) in [6, 6.07) is 18.7. The minimum atomic E-state index is -5.84. The Morgan fingerprint density at radius 2 is 0.894 bits per heavy atom. The Morgan fingerprint density at radius 3 is 1.19 bits per heavy atom. The quantitative estimate of drug-likeness (QED) is 0.117. The fourth-order valence-corrected chi connectivity index (χ4v) is 5.48. The monoisotopic (exact) mass is 922 g/mol. The molecule has 0 aliphatic heterocycles. The molecule has 19 heteroatoms. The Balaban J connectivity index is 0. The van der Waals surface area contributed by atoms with E-state index in [0.29, 0.717) is 11.4 Å². The molecule has 0 aromatic heterocycles. The summed E-state index contributed by atoms with van der Waals surface area (Å²) >= 11 is 0. The second kappa shape index (κ2) is 20.2. The van der Waals surface area contributed by atoms with Gasteiger partial charge >= 0.3 is 31.3 Å². The van der Waals surface area contributed by atoms with Gasteiger partial charge in [0.05, 0.1) is 4.90 Å². The minimum absolute atomic E-state index is 0. The smallest absolute Gasteiger partial charge is 0.279 e. The summed E-state index contributed by atoms with van der Waals surface area (Å²) in [7, 11) is -15.0. The van der Waals surface area contributed by atoms with Crippen LogP contribution in [-0.2, 0) is 56.8 Å². The van der Waals surface area contributed by atoms with Gasteiger partial charge in [0.1, 0.15) is 0 Å². The van der Waals surface area contributed by atoms with E-state index in [1.807, 2.05) is 18.2 Å². The van der Waals surface area contributed by atoms with E-state index >= 15 is 0 Å². The molecule has 1 saturated carbocycles. The molecule has 0 unspecified atom stereocenters. The molecule has 3 N–H and O–H groups in total. The molecule has 2 aromatic carbocycles. The summed E-state index contributed by atoms with van der Waals surface area (Å²) in [5.74, 6) is 4.68. The molecule has 47 heavy (non-hydrogen) atoms. The molecule has 275 valence electrons. The van der Waals surface area contributed by atoms with Gasteiger partial charge in [0, 0.05) is 26.7 Å². The fourth-order valence-electron chi connectivity index (χ4n) is 4.38. The van der Waals surface area contributed by atoms with Crippen LogP contribution in [0.3, 0.4) is 0 Å². The number of nitrogens with one attached hydrogen (secondary N) is 1.